The van der Waals surface area contributed by atoms with E-state index < -0.39 is 11.7 Å². The molecule has 2 rings (SSSR count). The molecule has 0 aromatic heterocycles. The molecule has 0 bridgehead atoms. The van der Waals surface area contributed by atoms with E-state index in [4.69, 9.17) is 0 Å². The normalized spacial score (nSPS) is 17.3. The van der Waals surface area contributed by atoms with Gasteiger partial charge in [-0.2, -0.15) is 13.2 Å². The number of piperidine rings is 1. The van der Waals surface area contributed by atoms with Gasteiger partial charge >= 0.3 is 6.18 Å². The maximum Gasteiger partial charge on any atom is 0.416 e. The van der Waals surface area contributed by atoms with E-state index in [0.29, 0.717) is 5.56 Å². The molecule has 1 aromatic carbocycles. The summed E-state index contributed by atoms with van der Waals surface area (Å²) in [6, 6.07) is 4.52. The first kappa shape index (κ1) is 15.3. The number of halogens is 4. The molecule has 18 heavy (non-hydrogen) atoms. The highest BCUT2D eigenvalue weighted by Crippen LogP contribution is 2.36. The second-order valence-electron chi connectivity index (χ2n) is 4.54. The second-order valence-corrected chi connectivity index (χ2v) is 4.54. The lowest BCUT2D eigenvalue weighted by Gasteiger charge is -2.25. The molecular formula is C13H17ClF3N. The van der Waals surface area contributed by atoms with E-state index in [1.54, 1.807) is 6.92 Å². The smallest absolute Gasteiger partial charge is 0.317 e. The van der Waals surface area contributed by atoms with Crippen molar-refractivity contribution in [3.05, 3.63) is 34.9 Å². The summed E-state index contributed by atoms with van der Waals surface area (Å²) in [5.74, 6) is 0.263. The highest BCUT2D eigenvalue weighted by molar-refractivity contribution is 5.85. The Morgan fingerprint density at radius 2 is 1.78 bits per heavy atom. The van der Waals surface area contributed by atoms with Gasteiger partial charge in [0.05, 0.1) is 5.56 Å². The van der Waals surface area contributed by atoms with E-state index >= 15 is 0 Å². The molecular weight excluding hydrogens is 263 g/mol. The van der Waals surface area contributed by atoms with Crippen LogP contribution in [0.2, 0.25) is 0 Å². The topological polar surface area (TPSA) is 12.0 Å². The number of hydrogen-bond donors (Lipinski definition) is 1. The average Bonchev–Trinajstić information content (AvgIpc) is 2.29. The first-order chi connectivity index (χ1) is 8.00. The van der Waals surface area contributed by atoms with Crippen molar-refractivity contribution in [2.45, 2.75) is 31.9 Å². The Bertz CT molecular complexity index is 398. The molecule has 1 nitrogen and oxygen atoms in total. The van der Waals surface area contributed by atoms with Crippen molar-refractivity contribution in [2.24, 2.45) is 0 Å². The first-order valence-corrected chi connectivity index (χ1v) is 5.87. The molecule has 1 heterocycles. The van der Waals surface area contributed by atoms with Crippen molar-refractivity contribution in [1.29, 1.82) is 0 Å². The van der Waals surface area contributed by atoms with E-state index in [0.717, 1.165) is 31.5 Å². The highest BCUT2D eigenvalue weighted by Gasteiger charge is 2.33. The minimum atomic E-state index is -4.24. The van der Waals surface area contributed by atoms with E-state index in [9.17, 15) is 13.2 Å². The van der Waals surface area contributed by atoms with Gasteiger partial charge < -0.3 is 5.32 Å². The molecule has 1 saturated heterocycles. The third-order valence-electron chi connectivity index (χ3n) is 3.46. The molecule has 0 saturated carbocycles. The third-order valence-corrected chi connectivity index (χ3v) is 3.46. The molecule has 1 aliphatic heterocycles. The van der Waals surface area contributed by atoms with Crippen LogP contribution < -0.4 is 5.32 Å². The van der Waals surface area contributed by atoms with Gasteiger partial charge in [0.2, 0.25) is 0 Å². The van der Waals surface area contributed by atoms with Crippen molar-refractivity contribution in [1.82, 2.24) is 5.32 Å². The minimum absolute atomic E-state index is 0. The Balaban J connectivity index is 0.00000162. The summed E-state index contributed by atoms with van der Waals surface area (Å²) in [5.41, 5.74) is 0.766. The largest absolute Gasteiger partial charge is 0.416 e. The van der Waals surface area contributed by atoms with Crippen molar-refractivity contribution in [2.75, 3.05) is 13.1 Å². The SMILES string of the molecule is Cc1c(C2CCNCC2)cccc1C(F)(F)F.Cl. The molecule has 1 N–H and O–H groups in total. The maximum absolute atomic E-state index is 12.8. The van der Waals surface area contributed by atoms with Crippen LogP contribution in [0.3, 0.4) is 0 Å². The Morgan fingerprint density at radius 1 is 1.17 bits per heavy atom. The van der Waals surface area contributed by atoms with E-state index in [1.165, 1.54) is 12.1 Å². The van der Waals surface area contributed by atoms with Gasteiger partial charge in [-0.05, 0) is 56.0 Å². The van der Waals surface area contributed by atoms with Crippen molar-refractivity contribution in [3.8, 4) is 0 Å². The van der Waals surface area contributed by atoms with Gasteiger partial charge in [-0.25, -0.2) is 0 Å². The Hall–Kier alpha value is -0.740. The average molecular weight is 280 g/mol. The van der Waals surface area contributed by atoms with E-state index in [-0.39, 0.29) is 18.3 Å². The fourth-order valence-electron chi connectivity index (χ4n) is 2.54. The van der Waals surface area contributed by atoms with Crippen LogP contribution in [-0.2, 0) is 6.18 Å². The summed E-state index contributed by atoms with van der Waals surface area (Å²) in [7, 11) is 0. The van der Waals surface area contributed by atoms with Gasteiger partial charge in [-0.15, -0.1) is 12.4 Å². The number of alkyl halides is 3. The van der Waals surface area contributed by atoms with Crippen LogP contribution in [0, 0.1) is 6.92 Å². The number of nitrogens with one attached hydrogen (secondary N) is 1. The zero-order chi connectivity index (χ0) is 12.5. The Kier molecular flexibility index (Phi) is 5.05. The fraction of sp³-hybridized carbons (Fsp3) is 0.538. The molecule has 0 amide bonds. The second kappa shape index (κ2) is 5.93. The van der Waals surface area contributed by atoms with Crippen LogP contribution in [0.4, 0.5) is 13.2 Å². The van der Waals surface area contributed by atoms with Gasteiger partial charge in [0.1, 0.15) is 0 Å². The van der Waals surface area contributed by atoms with Crippen LogP contribution in [-0.4, -0.2) is 13.1 Å². The molecule has 0 atom stereocenters. The van der Waals surface area contributed by atoms with Gasteiger partial charge in [0, 0.05) is 0 Å². The molecule has 5 heteroatoms. The van der Waals surface area contributed by atoms with E-state index in [2.05, 4.69) is 5.32 Å². The van der Waals surface area contributed by atoms with Crippen LogP contribution >= 0.6 is 12.4 Å². The van der Waals surface area contributed by atoms with Crippen molar-refractivity contribution < 1.29 is 13.2 Å². The summed E-state index contributed by atoms with van der Waals surface area (Å²) in [6.07, 6.45) is -2.41. The summed E-state index contributed by atoms with van der Waals surface area (Å²) in [5, 5.41) is 3.23. The fourth-order valence-corrected chi connectivity index (χ4v) is 2.54. The lowest BCUT2D eigenvalue weighted by Crippen LogP contribution is -2.27. The summed E-state index contributed by atoms with van der Waals surface area (Å²) in [4.78, 5) is 0. The predicted molar refractivity (Wildman–Crippen MR) is 68.3 cm³/mol. The zero-order valence-corrected chi connectivity index (χ0v) is 11.0. The molecule has 0 unspecified atom stereocenters. The summed E-state index contributed by atoms with van der Waals surface area (Å²) >= 11 is 0. The summed E-state index contributed by atoms with van der Waals surface area (Å²) < 4.78 is 38.4. The molecule has 102 valence electrons. The number of rotatable bonds is 1. The van der Waals surface area contributed by atoms with Gasteiger partial charge in [-0.1, -0.05) is 12.1 Å². The predicted octanol–water partition coefficient (Wildman–Crippen LogP) is 3.90. The van der Waals surface area contributed by atoms with Crippen molar-refractivity contribution >= 4 is 12.4 Å². The Labute approximate surface area is 111 Å². The lowest BCUT2D eigenvalue weighted by molar-refractivity contribution is -0.138. The van der Waals surface area contributed by atoms with Gasteiger partial charge in [0.15, 0.2) is 0 Å². The minimum Gasteiger partial charge on any atom is -0.317 e. The number of hydrogen-bond acceptors (Lipinski definition) is 1. The zero-order valence-electron chi connectivity index (χ0n) is 10.2. The monoisotopic (exact) mass is 279 g/mol. The molecule has 1 fully saturated rings. The molecule has 1 aliphatic rings. The van der Waals surface area contributed by atoms with Crippen molar-refractivity contribution in [3.63, 3.8) is 0 Å². The molecule has 0 spiro atoms. The molecule has 0 aliphatic carbocycles. The van der Waals surface area contributed by atoms with Crippen LogP contribution in [0.15, 0.2) is 18.2 Å². The molecule has 0 radical (unpaired) electrons. The highest BCUT2D eigenvalue weighted by atomic mass is 35.5. The van der Waals surface area contributed by atoms with Gasteiger partial charge in [0.25, 0.3) is 0 Å². The van der Waals surface area contributed by atoms with E-state index in [1.807, 2.05) is 6.07 Å². The Morgan fingerprint density at radius 3 is 2.33 bits per heavy atom. The third kappa shape index (κ3) is 3.18. The van der Waals surface area contributed by atoms with Crippen LogP contribution in [0.25, 0.3) is 0 Å². The maximum atomic E-state index is 12.8. The standard InChI is InChI=1S/C13H16F3N.ClH/c1-9-11(10-5-7-17-8-6-10)3-2-4-12(9)13(14,15)16;/h2-4,10,17H,5-8H2,1H3;1H. The summed E-state index contributed by atoms with van der Waals surface area (Å²) in [6.45, 7) is 3.36. The lowest BCUT2D eigenvalue weighted by atomic mass is 9.86. The van der Waals surface area contributed by atoms with Gasteiger partial charge in [-0.3, -0.25) is 0 Å². The molecule has 1 aromatic rings. The van der Waals surface area contributed by atoms with Crippen LogP contribution in [0.5, 0.6) is 0 Å². The first-order valence-electron chi connectivity index (χ1n) is 5.87. The number of benzene rings is 1. The van der Waals surface area contributed by atoms with Crippen LogP contribution in [0.1, 0.15) is 35.4 Å². The quantitative estimate of drug-likeness (QED) is 0.822.